The standard InChI is InChI=1S/C14H10O11/c1-14(2,3)25-13(24)12(23)11(22)10(21)9(20)8(19)7(18)6(17)5(16)4-15/h4H,1-3H3. The zero-order valence-electron chi connectivity index (χ0n) is 13.1. The molecule has 0 aliphatic heterocycles. The van der Waals surface area contributed by atoms with Crippen molar-refractivity contribution in [3.8, 4) is 0 Å². The molecular weight excluding hydrogens is 344 g/mol. The van der Waals surface area contributed by atoms with Crippen LogP contribution in [0.3, 0.4) is 0 Å². The zero-order valence-corrected chi connectivity index (χ0v) is 13.1. The minimum absolute atomic E-state index is 0.614. The Morgan fingerprint density at radius 2 is 0.920 bits per heavy atom. The summed E-state index contributed by atoms with van der Waals surface area (Å²) in [5.74, 6) is -19.8. The van der Waals surface area contributed by atoms with E-state index in [1.165, 1.54) is 20.8 Å². The van der Waals surface area contributed by atoms with E-state index in [-0.39, 0.29) is 0 Å². The first kappa shape index (κ1) is 21.5. The molecule has 0 bridgehead atoms. The summed E-state index contributed by atoms with van der Waals surface area (Å²) in [6.07, 6.45) is -0.614. The van der Waals surface area contributed by atoms with Crippen LogP contribution in [0.4, 0.5) is 0 Å². The second kappa shape index (κ2) is 7.86. The first-order valence-electron chi connectivity index (χ1n) is 6.27. The van der Waals surface area contributed by atoms with Gasteiger partial charge in [0.25, 0.3) is 40.5 Å². The highest BCUT2D eigenvalue weighted by molar-refractivity contribution is 7.01. The molecule has 25 heavy (non-hydrogen) atoms. The van der Waals surface area contributed by atoms with Gasteiger partial charge in [0, 0.05) is 0 Å². The molecule has 0 aliphatic carbocycles. The quantitative estimate of drug-likeness (QED) is 0.179. The minimum atomic E-state index is -2.42. The number of ether oxygens (including phenoxy) is 1. The predicted molar refractivity (Wildman–Crippen MR) is 72.0 cm³/mol. The largest absolute Gasteiger partial charge is 0.454 e. The smallest absolute Gasteiger partial charge is 0.383 e. The van der Waals surface area contributed by atoms with Crippen LogP contribution in [0.1, 0.15) is 20.8 Å². The molecule has 0 atom stereocenters. The van der Waals surface area contributed by atoms with Gasteiger partial charge in [-0.2, -0.15) is 0 Å². The molecular formula is C14H10O11. The number of hydrogen-bond acceptors (Lipinski definition) is 11. The van der Waals surface area contributed by atoms with Crippen molar-refractivity contribution < 1.29 is 52.7 Å². The lowest BCUT2D eigenvalue weighted by Crippen LogP contribution is -2.44. The molecule has 0 saturated carbocycles. The SMILES string of the molecule is CC(C)(C)OC(=O)C(=O)C(=O)C(=O)C(=O)C(=O)C(=O)C(=O)C(=O)C=O. The Kier molecular flexibility index (Phi) is 6.76. The van der Waals surface area contributed by atoms with Gasteiger partial charge in [0.1, 0.15) is 5.60 Å². The number of carbonyl (C=O) groups is 10. The van der Waals surface area contributed by atoms with Crippen molar-refractivity contribution >= 4 is 58.5 Å². The summed E-state index contributed by atoms with van der Waals surface area (Å²) in [4.78, 5) is 111. The van der Waals surface area contributed by atoms with E-state index >= 15 is 0 Å². The highest BCUT2D eigenvalue weighted by Crippen LogP contribution is 2.07. The average molecular weight is 354 g/mol. The third kappa shape index (κ3) is 5.57. The van der Waals surface area contributed by atoms with E-state index in [0.717, 1.165) is 0 Å². The lowest BCUT2D eigenvalue weighted by atomic mass is 10.0. The third-order valence-electron chi connectivity index (χ3n) is 2.15. The van der Waals surface area contributed by atoms with Crippen molar-refractivity contribution in [2.24, 2.45) is 0 Å². The van der Waals surface area contributed by atoms with Crippen molar-refractivity contribution in [1.82, 2.24) is 0 Å². The van der Waals surface area contributed by atoms with Gasteiger partial charge in [-0.1, -0.05) is 0 Å². The Bertz CT molecular complexity index is 745. The molecule has 0 aromatic heterocycles. The monoisotopic (exact) mass is 354 g/mol. The van der Waals surface area contributed by atoms with Crippen LogP contribution in [-0.4, -0.2) is 64.1 Å². The number of Topliss-reactive ketones (excluding diaryl/α,β-unsaturated/α-hetero) is 8. The molecule has 0 N–H and O–H groups in total. The summed E-state index contributed by atoms with van der Waals surface area (Å²) in [7, 11) is 0. The van der Waals surface area contributed by atoms with Gasteiger partial charge < -0.3 is 4.74 Å². The van der Waals surface area contributed by atoms with E-state index < -0.39 is 64.1 Å². The van der Waals surface area contributed by atoms with Crippen LogP contribution in [0, 0.1) is 0 Å². The molecule has 0 aromatic rings. The zero-order chi connectivity index (χ0) is 20.1. The Hall–Kier alpha value is -3.50. The number of ketones is 8. The molecule has 0 heterocycles. The summed E-state index contributed by atoms with van der Waals surface area (Å²) < 4.78 is 4.48. The molecule has 0 radical (unpaired) electrons. The van der Waals surface area contributed by atoms with E-state index in [1.54, 1.807) is 0 Å². The molecule has 11 heteroatoms. The maximum Gasteiger partial charge on any atom is 0.383 e. The van der Waals surface area contributed by atoms with Gasteiger partial charge in [-0.05, 0) is 20.8 Å². The highest BCUT2D eigenvalue weighted by Gasteiger charge is 2.42. The van der Waals surface area contributed by atoms with E-state index in [1.807, 2.05) is 0 Å². The van der Waals surface area contributed by atoms with Crippen LogP contribution < -0.4 is 0 Å². The van der Waals surface area contributed by atoms with Gasteiger partial charge in [-0.3, -0.25) is 43.2 Å². The van der Waals surface area contributed by atoms with Gasteiger partial charge in [-0.25, -0.2) is 4.79 Å². The summed E-state index contributed by atoms with van der Waals surface area (Å²) in [6, 6.07) is 0. The summed E-state index contributed by atoms with van der Waals surface area (Å²) >= 11 is 0. The summed E-state index contributed by atoms with van der Waals surface area (Å²) in [5, 5.41) is 0. The van der Waals surface area contributed by atoms with Crippen LogP contribution in [0.25, 0.3) is 0 Å². The second-order valence-corrected chi connectivity index (χ2v) is 5.29. The molecule has 0 amide bonds. The average Bonchev–Trinajstić information content (AvgIpc) is 2.54. The fourth-order valence-electron chi connectivity index (χ4n) is 1.10. The van der Waals surface area contributed by atoms with Gasteiger partial charge in [0.15, 0.2) is 6.29 Å². The Morgan fingerprint density at radius 3 is 1.24 bits per heavy atom. The first-order valence-corrected chi connectivity index (χ1v) is 6.27. The normalized spacial score (nSPS) is 10.2. The molecule has 0 rings (SSSR count). The summed E-state index contributed by atoms with van der Waals surface area (Å²) in [5.41, 5.74) is -1.21. The molecule has 0 aromatic carbocycles. The van der Waals surface area contributed by atoms with Gasteiger partial charge in [0.05, 0.1) is 0 Å². The molecule has 0 aliphatic rings. The van der Waals surface area contributed by atoms with E-state index in [2.05, 4.69) is 4.74 Å². The fourth-order valence-corrected chi connectivity index (χ4v) is 1.10. The molecule has 11 nitrogen and oxygen atoms in total. The lowest BCUT2D eigenvalue weighted by molar-refractivity contribution is -0.165. The van der Waals surface area contributed by atoms with Gasteiger partial charge in [-0.15, -0.1) is 0 Å². The van der Waals surface area contributed by atoms with Gasteiger partial charge >= 0.3 is 11.8 Å². The number of esters is 1. The van der Waals surface area contributed by atoms with E-state index in [4.69, 9.17) is 0 Å². The van der Waals surface area contributed by atoms with Crippen LogP contribution in [-0.2, 0) is 52.7 Å². The summed E-state index contributed by atoms with van der Waals surface area (Å²) in [6.45, 7) is 3.98. The van der Waals surface area contributed by atoms with Crippen molar-refractivity contribution in [3.63, 3.8) is 0 Å². The van der Waals surface area contributed by atoms with Gasteiger partial charge in [0.2, 0.25) is 0 Å². The Balaban J connectivity index is 5.25. The number of hydrogen-bond donors (Lipinski definition) is 0. The molecule has 0 spiro atoms. The van der Waals surface area contributed by atoms with E-state index in [0.29, 0.717) is 0 Å². The third-order valence-corrected chi connectivity index (χ3v) is 2.15. The second-order valence-electron chi connectivity index (χ2n) is 5.29. The highest BCUT2D eigenvalue weighted by atomic mass is 16.6. The minimum Gasteiger partial charge on any atom is -0.454 e. The first-order chi connectivity index (χ1) is 11.2. The van der Waals surface area contributed by atoms with Crippen LogP contribution >= 0.6 is 0 Å². The number of aldehydes is 1. The topological polar surface area (TPSA) is 180 Å². The lowest BCUT2D eigenvalue weighted by Gasteiger charge is -2.18. The Labute approximate surface area is 138 Å². The van der Waals surface area contributed by atoms with E-state index in [9.17, 15) is 47.9 Å². The molecule has 0 fully saturated rings. The Morgan fingerprint density at radius 1 is 0.600 bits per heavy atom. The molecule has 0 saturated heterocycles. The van der Waals surface area contributed by atoms with Crippen molar-refractivity contribution in [3.05, 3.63) is 0 Å². The maximum absolute atomic E-state index is 11.4. The van der Waals surface area contributed by atoms with Crippen LogP contribution in [0.15, 0.2) is 0 Å². The van der Waals surface area contributed by atoms with Crippen LogP contribution in [0.5, 0.6) is 0 Å². The number of rotatable bonds is 9. The van der Waals surface area contributed by atoms with Crippen molar-refractivity contribution in [2.75, 3.05) is 0 Å². The van der Waals surface area contributed by atoms with Crippen LogP contribution in [0.2, 0.25) is 0 Å². The predicted octanol–water partition coefficient (Wildman–Crippen LogP) is -2.92. The number of carbonyl (C=O) groups excluding carboxylic acids is 10. The fraction of sp³-hybridized carbons (Fsp3) is 0.286. The molecule has 132 valence electrons. The molecule has 0 unspecified atom stereocenters. The van der Waals surface area contributed by atoms with Crippen molar-refractivity contribution in [2.45, 2.75) is 26.4 Å². The van der Waals surface area contributed by atoms with Crippen molar-refractivity contribution in [1.29, 1.82) is 0 Å². The maximum atomic E-state index is 11.4.